The second kappa shape index (κ2) is 10.7. The molecule has 0 saturated carbocycles. The van der Waals surface area contributed by atoms with E-state index in [-0.39, 0.29) is 23.5 Å². The summed E-state index contributed by atoms with van der Waals surface area (Å²) in [5.74, 6) is -0.883. The molecule has 0 aliphatic carbocycles. The number of halogens is 2. The average Bonchev–Trinajstić information content (AvgIpc) is 3.21. The minimum atomic E-state index is -3.19. The Morgan fingerprint density at radius 1 is 1.18 bits per heavy atom. The van der Waals surface area contributed by atoms with Gasteiger partial charge < -0.3 is 18.9 Å². The number of carbonyl (C=O) groups is 1. The summed E-state index contributed by atoms with van der Waals surface area (Å²) in [5, 5.41) is 14.2. The molecule has 12 heteroatoms. The molecular formula is C21H18F2N2O7S. The minimum absolute atomic E-state index is 0.0506. The number of thiazole rings is 1. The average molecular weight is 480 g/mol. The first-order valence-corrected chi connectivity index (χ1v) is 10.3. The summed E-state index contributed by atoms with van der Waals surface area (Å²) in [6.07, 6.45) is 0. The van der Waals surface area contributed by atoms with E-state index in [0.29, 0.717) is 5.75 Å². The van der Waals surface area contributed by atoms with Crippen LogP contribution in [0.3, 0.4) is 0 Å². The zero-order chi connectivity index (χ0) is 24.0. The van der Waals surface area contributed by atoms with Crippen molar-refractivity contribution in [2.24, 2.45) is 0 Å². The lowest BCUT2D eigenvalue weighted by Gasteiger charge is -2.12. The Hall–Kier alpha value is -3.80. The van der Waals surface area contributed by atoms with E-state index < -0.39 is 35.5 Å². The van der Waals surface area contributed by atoms with E-state index in [0.717, 1.165) is 22.8 Å². The maximum Gasteiger partial charge on any atom is 0.387 e. The number of esters is 1. The second-order valence-corrected chi connectivity index (χ2v) is 7.58. The molecule has 0 aliphatic rings. The van der Waals surface area contributed by atoms with Gasteiger partial charge in [0, 0.05) is 5.38 Å². The number of aromatic nitrogens is 1. The number of nitro groups is 1. The standard InChI is InChI=1S/C21H18F2N2O7S/c1-12-24-15(11-33-12)10-30-16-5-3-13(4-6-16)20(26)31-9-14-7-18(29-2)19(32-21(22)23)8-17(14)25(27)28/h3-8,11,21H,9-10H2,1-2H3. The number of nitrogens with zero attached hydrogens (tertiary/aromatic N) is 2. The lowest BCUT2D eigenvalue weighted by atomic mass is 10.1. The summed E-state index contributed by atoms with van der Waals surface area (Å²) in [4.78, 5) is 27.2. The largest absolute Gasteiger partial charge is 0.493 e. The number of aryl methyl sites for hydroxylation is 1. The molecule has 9 nitrogen and oxygen atoms in total. The number of benzene rings is 2. The number of carbonyl (C=O) groups excluding carboxylic acids is 1. The number of nitro benzene ring substituents is 1. The van der Waals surface area contributed by atoms with Crippen molar-refractivity contribution in [1.29, 1.82) is 0 Å². The van der Waals surface area contributed by atoms with Crippen molar-refractivity contribution >= 4 is 23.0 Å². The van der Waals surface area contributed by atoms with Crippen LogP contribution >= 0.6 is 11.3 Å². The van der Waals surface area contributed by atoms with E-state index in [2.05, 4.69) is 9.72 Å². The van der Waals surface area contributed by atoms with Crippen molar-refractivity contribution in [2.45, 2.75) is 26.7 Å². The Bertz CT molecular complexity index is 1140. The van der Waals surface area contributed by atoms with Crippen LogP contribution in [0.25, 0.3) is 0 Å². The lowest BCUT2D eigenvalue weighted by molar-refractivity contribution is -0.386. The first-order valence-electron chi connectivity index (χ1n) is 9.38. The molecule has 33 heavy (non-hydrogen) atoms. The third-order valence-electron chi connectivity index (χ3n) is 4.28. The fourth-order valence-corrected chi connectivity index (χ4v) is 3.37. The third kappa shape index (κ3) is 6.35. The maximum atomic E-state index is 12.5. The van der Waals surface area contributed by atoms with Gasteiger partial charge in [0.05, 0.1) is 39.9 Å². The molecule has 3 aromatic rings. The van der Waals surface area contributed by atoms with Crippen LogP contribution in [0.1, 0.15) is 26.6 Å². The highest BCUT2D eigenvalue weighted by atomic mass is 32.1. The fourth-order valence-electron chi connectivity index (χ4n) is 2.77. The van der Waals surface area contributed by atoms with Crippen molar-refractivity contribution in [1.82, 2.24) is 4.98 Å². The maximum absolute atomic E-state index is 12.5. The molecule has 2 aromatic carbocycles. The molecule has 0 N–H and O–H groups in total. The smallest absolute Gasteiger partial charge is 0.387 e. The van der Waals surface area contributed by atoms with E-state index in [9.17, 15) is 23.7 Å². The highest BCUT2D eigenvalue weighted by Gasteiger charge is 2.23. The molecule has 0 radical (unpaired) electrons. The van der Waals surface area contributed by atoms with Crippen LogP contribution in [-0.4, -0.2) is 29.6 Å². The summed E-state index contributed by atoms with van der Waals surface area (Å²) in [6, 6.07) is 8.04. The first-order chi connectivity index (χ1) is 15.8. The quantitative estimate of drug-likeness (QED) is 0.229. The molecule has 0 spiro atoms. The Morgan fingerprint density at radius 3 is 2.48 bits per heavy atom. The van der Waals surface area contributed by atoms with Gasteiger partial charge in [0.25, 0.3) is 5.69 Å². The summed E-state index contributed by atoms with van der Waals surface area (Å²) in [7, 11) is 1.19. The van der Waals surface area contributed by atoms with E-state index in [1.807, 2.05) is 12.3 Å². The predicted molar refractivity (Wildman–Crippen MR) is 113 cm³/mol. The lowest BCUT2D eigenvalue weighted by Crippen LogP contribution is -2.09. The Morgan fingerprint density at radius 2 is 1.91 bits per heavy atom. The summed E-state index contributed by atoms with van der Waals surface area (Å²) in [6.45, 7) is -1.50. The zero-order valence-corrected chi connectivity index (χ0v) is 18.3. The topological polar surface area (TPSA) is 110 Å². The molecule has 0 amide bonds. The molecule has 174 valence electrons. The summed E-state index contributed by atoms with van der Waals surface area (Å²) in [5.41, 5.74) is 0.382. The second-order valence-electron chi connectivity index (χ2n) is 6.51. The van der Waals surface area contributed by atoms with E-state index >= 15 is 0 Å². The van der Waals surface area contributed by atoms with Crippen LogP contribution in [0.2, 0.25) is 0 Å². The van der Waals surface area contributed by atoms with Gasteiger partial charge in [-0.3, -0.25) is 10.1 Å². The highest BCUT2D eigenvalue weighted by molar-refractivity contribution is 7.09. The highest BCUT2D eigenvalue weighted by Crippen LogP contribution is 2.36. The fraction of sp³-hybridized carbons (Fsp3) is 0.238. The molecule has 0 saturated heterocycles. The van der Waals surface area contributed by atoms with Gasteiger partial charge in [0.2, 0.25) is 0 Å². The Balaban J connectivity index is 1.66. The van der Waals surface area contributed by atoms with Gasteiger partial charge in [-0.25, -0.2) is 9.78 Å². The molecule has 1 heterocycles. The first kappa shape index (κ1) is 23.9. The van der Waals surface area contributed by atoms with Gasteiger partial charge in [-0.05, 0) is 37.3 Å². The summed E-state index contributed by atoms with van der Waals surface area (Å²) >= 11 is 1.52. The van der Waals surface area contributed by atoms with Crippen molar-refractivity contribution < 1.29 is 37.4 Å². The van der Waals surface area contributed by atoms with Crippen LogP contribution in [0.5, 0.6) is 17.2 Å². The van der Waals surface area contributed by atoms with Crippen molar-refractivity contribution in [3.05, 3.63) is 73.7 Å². The van der Waals surface area contributed by atoms with Crippen molar-refractivity contribution in [3.8, 4) is 17.2 Å². The Labute approximate surface area is 190 Å². The number of rotatable bonds is 10. The van der Waals surface area contributed by atoms with Crippen LogP contribution in [-0.2, 0) is 18.0 Å². The SMILES string of the molecule is COc1cc(COC(=O)c2ccc(OCc3csc(C)n3)cc2)c([N+](=O)[O-])cc1OC(F)F. The molecule has 1 aromatic heterocycles. The molecule has 0 bridgehead atoms. The van der Waals surface area contributed by atoms with Crippen molar-refractivity contribution in [3.63, 3.8) is 0 Å². The van der Waals surface area contributed by atoms with Gasteiger partial charge in [-0.1, -0.05) is 0 Å². The molecule has 0 fully saturated rings. The molecular weight excluding hydrogens is 462 g/mol. The monoisotopic (exact) mass is 480 g/mol. The van der Waals surface area contributed by atoms with Gasteiger partial charge in [0.1, 0.15) is 19.0 Å². The van der Waals surface area contributed by atoms with Crippen LogP contribution in [0.15, 0.2) is 41.8 Å². The Kier molecular flexibility index (Phi) is 7.72. The van der Waals surface area contributed by atoms with Crippen LogP contribution in [0.4, 0.5) is 14.5 Å². The number of hydrogen-bond acceptors (Lipinski definition) is 9. The molecule has 0 aliphatic heterocycles. The van der Waals surface area contributed by atoms with E-state index in [4.69, 9.17) is 14.2 Å². The molecule has 0 atom stereocenters. The number of ether oxygens (including phenoxy) is 4. The normalized spacial score (nSPS) is 10.7. The third-order valence-corrected chi connectivity index (χ3v) is 5.10. The van der Waals surface area contributed by atoms with Gasteiger partial charge in [0.15, 0.2) is 11.5 Å². The summed E-state index contributed by atoms with van der Waals surface area (Å²) < 4.78 is 45.1. The van der Waals surface area contributed by atoms with Crippen LogP contribution < -0.4 is 14.2 Å². The van der Waals surface area contributed by atoms with E-state index in [1.54, 1.807) is 12.1 Å². The van der Waals surface area contributed by atoms with Gasteiger partial charge >= 0.3 is 12.6 Å². The molecule has 0 unspecified atom stereocenters. The molecule has 3 rings (SSSR count). The van der Waals surface area contributed by atoms with Gasteiger partial charge in [-0.15, -0.1) is 11.3 Å². The van der Waals surface area contributed by atoms with Crippen molar-refractivity contribution in [2.75, 3.05) is 7.11 Å². The van der Waals surface area contributed by atoms with E-state index in [1.165, 1.54) is 30.6 Å². The zero-order valence-electron chi connectivity index (χ0n) is 17.4. The number of hydrogen-bond donors (Lipinski definition) is 0. The van der Waals surface area contributed by atoms with Gasteiger partial charge in [-0.2, -0.15) is 8.78 Å². The minimum Gasteiger partial charge on any atom is -0.493 e. The number of methoxy groups -OCH3 is 1. The number of alkyl halides is 2. The predicted octanol–water partition coefficient (Wildman–Crippen LogP) is 4.91. The van der Waals surface area contributed by atoms with Crippen LogP contribution in [0, 0.1) is 17.0 Å².